The van der Waals surface area contributed by atoms with Crippen molar-refractivity contribution in [3.05, 3.63) is 47.3 Å². The van der Waals surface area contributed by atoms with Gasteiger partial charge >= 0.3 is 0 Å². The Kier molecular flexibility index (Phi) is 4.73. The van der Waals surface area contributed by atoms with Gasteiger partial charge in [-0.3, -0.25) is 9.69 Å². The molecule has 1 aromatic carbocycles. The molecular weight excluding hydrogens is 290 g/mol. The number of nitrogens with zero attached hydrogens (tertiary/aromatic N) is 3. The van der Waals surface area contributed by atoms with Crippen molar-refractivity contribution in [1.82, 2.24) is 20.0 Å². The third-order valence-electron chi connectivity index (χ3n) is 4.23. The molecule has 1 aliphatic heterocycles. The van der Waals surface area contributed by atoms with Gasteiger partial charge in [-0.15, -0.1) is 0 Å². The predicted molar refractivity (Wildman–Crippen MR) is 89.6 cm³/mol. The number of rotatable bonds is 5. The molecule has 3 rings (SSSR count). The molecule has 0 saturated heterocycles. The van der Waals surface area contributed by atoms with E-state index in [2.05, 4.69) is 22.2 Å². The number of hydrogen-bond acceptors (Lipinski definition) is 4. The van der Waals surface area contributed by atoms with Crippen molar-refractivity contribution >= 4 is 5.91 Å². The number of para-hydroxylation sites is 1. The fraction of sp³-hybridized carbons (Fsp3) is 0.412. The number of likely N-dealkylation sites (N-methyl/N-ethyl adjacent to an activating group) is 1. The molecule has 0 aliphatic carbocycles. The van der Waals surface area contributed by atoms with E-state index in [4.69, 9.17) is 5.73 Å². The van der Waals surface area contributed by atoms with Crippen molar-refractivity contribution in [3.63, 3.8) is 0 Å². The summed E-state index contributed by atoms with van der Waals surface area (Å²) in [5.41, 5.74) is 9.18. The maximum Gasteiger partial charge on any atom is 0.272 e. The maximum atomic E-state index is 12.5. The third-order valence-corrected chi connectivity index (χ3v) is 4.23. The van der Waals surface area contributed by atoms with E-state index in [-0.39, 0.29) is 5.91 Å². The van der Waals surface area contributed by atoms with Crippen molar-refractivity contribution in [2.24, 2.45) is 5.73 Å². The SMILES string of the molecule is CCN1CCc2c(c(C(=O)NCCN)nn2-c2ccccc2)C1. The zero-order valence-electron chi connectivity index (χ0n) is 13.5. The van der Waals surface area contributed by atoms with Gasteiger partial charge < -0.3 is 11.1 Å². The average Bonchev–Trinajstić information content (AvgIpc) is 2.99. The summed E-state index contributed by atoms with van der Waals surface area (Å²) >= 11 is 0. The van der Waals surface area contributed by atoms with Crippen molar-refractivity contribution in [1.29, 1.82) is 0 Å². The molecule has 1 aliphatic rings. The Morgan fingerprint density at radius 1 is 1.35 bits per heavy atom. The first-order valence-corrected chi connectivity index (χ1v) is 8.11. The number of carbonyl (C=O) groups is 1. The van der Waals surface area contributed by atoms with Gasteiger partial charge in [0.1, 0.15) is 0 Å². The number of amides is 1. The molecule has 0 fully saturated rings. The number of fused-ring (bicyclic) bond motifs is 1. The number of hydrogen-bond donors (Lipinski definition) is 2. The van der Waals surface area contributed by atoms with Crippen LogP contribution in [0.1, 0.15) is 28.7 Å². The minimum atomic E-state index is -0.140. The lowest BCUT2D eigenvalue weighted by Gasteiger charge is -2.26. The van der Waals surface area contributed by atoms with Gasteiger partial charge in [0.05, 0.1) is 11.4 Å². The Bertz CT molecular complexity index is 680. The summed E-state index contributed by atoms with van der Waals surface area (Å²) in [7, 11) is 0. The van der Waals surface area contributed by atoms with Crippen LogP contribution < -0.4 is 11.1 Å². The topological polar surface area (TPSA) is 76.2 Å². The molecule has 23 heavy (non-hydrogen) atoms. The smallest absolute Gasteiger partial charge is 0.272 e. The van der Waals surface area contributed by atoms with Crippen LogP contribution in [0.2, 0.25) is 0 Å². The van der Waals surface area contributed by atoms with Gasteiger partial charge in [0.2, 0.25) is 0 Å². The lowest BCUT2D eigenvalue weighted by molar-refractivity contribution is 0.0947. The van der Waals surface area contributed by atoms with Crippen molar-refractivity contribution in [2.75, 3.05) is 26.2 Å². The first-order valence-electron chi connectivity index (χ1n) is 8.11. The van der Waals surface area contributed by atoms with Gasteiger partial charge in [0, 0.05) is 38.2 Å². The van der Waals surface area contributed by atoms with Crippen LogP contribution in [0, 0.1) is 0 Å². The minimum absolute atomic E-state index is 0.140. The molecule has 122 valence electrons. The predicted octanol–water partition coefficient (Wildman–Crippen LogP) is 0.939. The Morgan fingerprint density at radius 3 is 2.83 bits per heavy atom. The van der Waals surface area contributed by atoms with Gasteiger partial charge in [-0.25, -0.2) is 4.68 Å². The molecule has 2 aromatic rings. The van der Waals surface area contributed by atoms with Crippen LogP contribution in [0.3, 0.4) is 0 Å². The first-order chi connectivity index (χ1) is 11.2. The molecular formula is C17H23N5O. The number of aromatic nitrogens is 2. The van der Waals surface area contributed by atoms with E-state index in [1.807, 2.05) is 35.0 Å². The summed E-state index contributed by atoms with van der Waals surface area (Å²) in [6, 6.07) is 9.98. The van der Waals surface area contributed by atoms with Crippen molar-refractivity contribution < 1.29 is 4.79 Å². The highest BCUT2D eigenvalue weighted by Crippen LogP contribution is 2.25. The molecule has 0 saturated carbocycles. The molecule has 0 atom stereocenters. The van der Waals surface area contributed by atoms with E-state index in [0.29, 0.717) is 18.8 Å². The Balaban J connectivity index is 2.02. The zero-order chi connectivity index (χ0) is 16.2. The van der Waals surface area contributed by atoms with Gasteiger partial charge in [-0.2, -0.15) is 5.10 Å². The summed E-state index contributed by atoms with van der Waals surface area (Å²) in [5, 5.41) is 7.46. The Morgan fingerprint density at radius 2 is 2.13 bits per heavy atom. The van der Waals surface area contributed by atoms with Crippen LogP contribution in [0.4, 0.5) is 0 Å². The van der Waals surface area contributed by atoms with Crippen molar-refractivity contribution in [3.8, 4) is 5.69 Å². The molecule has 1 amide bonds. The monoisotopic (exact) mass is 313 g/mol. The van der Waals surface area contributed by atoms with Crippen LogP contribution in [0.25, 0.3) is 5.69 Å². The second kappa shape index (κ2) is 6.93. The molecule has 0 spiro atoms. The van der Waals surface area contributed by atoms with E-state index in [1.54, 1.807) is 0 Å². The molecule has 2 heterocycles. The van der Waals surface area contributed by atoms with E-state index < -0.39 is 0 Å². The van der Waals surface area contributed by atoms with E-state index in [9.17, 15) is 4.79 Å². The summed E-state index contributed by atoms with van der Waals surface area (Å²) in [6.07, 6.45) is 0.898. The van der Waals surface area contributed by atoms with Crippen LogP contribution in [-0.2, 0) is 13.0 Å². The maximum absolute atomic E-state index is 12.5. The van der Waals surface area contributed by atoms with Crippen LogP contribution >= 0.6 is 0 Å². The highest BCUT2D eigenvalue weighted by atomic mass is 16.1. The first kappa shape index (κ1) is 15.7. The molecule has 0 bridgehead atoms. The quantitative estimate of drug-likeness (QED) is 0.861. The van der Waals surface area contributed by atoms with E-state index in [0.717, 1.165) is 43.0 Å². The number of nitrogens with one attached hydrogen (secondary N) is 1. The number of nitrogens with two attached hydrogens (primary N) is 1. The standard InChI is InChI=1S/C17H23N5O/c1-2-21-11-8-15-14(12-21)16(17(23)19-10-9-18)20-22(15)13-6-4-3-5-7-13/h3-7H,2,8-12,18H2,1H3,(H,19,23). The summed E-state index contributed by atoms with van der Waals surface area (Å²) in [6.45, 7) is 5.76. The number of benzene rings is 1. The lowest BCUT2D eigenvalue weighted by Crippen LogP contribution is -2.33. The fourth-order valence-corrected chi connectivity index (χ4v) is 2.98. The summed E-state index contributed by atoms with van der Waals surface area (Å²) < 4.78 is 1.92. The van der Waals surface area contributed by atoms with Gasteiger partial charge in [0.25, 0.3) is 5.91 Å². The molecule has 0 unspecified atom stereocenters. The van der Waals surface area contributed by atoms with Gasteiger partial charge in [-0.05, 0) is 18.7 Å². The van der Waals surface area contributed by atoms with Crippen LogP contribution in [0.15, 0.2) is 30.3 Å². The fourth-order valence-electron chi connectivity index (χ4n) is 2.98. The summed E-state index contributed by atoms with van der Waals surface area (Å²) in [4.78, 5) is 14.8. The van der Waals surface area contributed by atoms with Gasteiger partial charge in [0.15, 0.2) is 5.69 Å². The number of carbonyl (C=O) groups excluding carboxylic acids is 1. The normalized spacial score (nSPS) is 14.5. The highest BCUT2D eigenvalue weighted by Gasteiger charge is 2.27. The molecule has 6 heteroatoms. The third kappa shape index (κ3) is 3.13. The molecule has 6 nitrogen and oxygen atoms in total. The second-order valence-corrected chi connectivity index (χ2v) is 5.68. The highest BCUT2D eigenvalue weighted by molar-refractivity contribution is 5.94. The van der Waals surface area contributed by atoms with Crippen LogP contribution in [-0.4, -0.2) is 46.8 Å². The van der Waals surface area contributed by atoms with Gasteiger partial charge in [-0.1, -0.05) is 25.1 Å². The molecule has 3 N–H and O–H groups in total. The molecule has 1 aromatic heterocycles. The van der Waals surface area contributed by atoms with E-state index in [1.165, 1.54) is 0 Å². The largest absolute Gasteiger partial charge is 0.349 e. The zero-order valence-corrected chi connectivity index (χ0v) is 13.5. The lowest BCUT2D eigenvalue weighted by atomic mass is 10.0. The minimum Gasteiger partial charge on any atom is -0.349 e. The van der Waals surface area contributed by atoms with Crippen molar-refractivity contribution in [2.45, 2.75) is 19.9 Å². The van der Waals surface area contributed by atoms with E-state index >= 15 is 0 Å². The van der Waals surface area contributed by atoms with Crippen LogP contribution in [0.5, 0.6) is 0 Å². The molecule has 0 radical (unpaired) electrons. The Hall–Kier alpha value is -2.18. The Labute approximate surface area is 136 Å². The second-order valence-electron chi connectivity index (χ2n) is 5.68. The average molecular weight is 313 g/mol. The summed E-state index contributed by atoms with van der Waals surface area (Å²) in [5.74, 6) is -0.140.